The van der Waals surface area contributed by atoms with Crippen LogP contribution in [0.25, 0.3) is 11.2 Å². The van der Waals surface area contributed by atoms with Gasteiger partial charge in [-0.25, -0.2) is 4.98 Å². The van der Waals surface area contributed by atoms with E-state index in [-0.39, 0.29) is 43.0 Å². The van der Waals surface area contributed by atoms with Crippen LogP contribution in [0.1, 0.15) is 102 Å². The lowest BCUT2D eigenvalue weighted by atomic mass is 10.0. The van der Waals surface area contributed by atoms with Crippen molar-refractivity contribution in [1.82, 2.24) is 24.6 Å². The Morgan fingerprint density at radius 2 is 1.67 bits per heavy atom. The predicted octanol–water partition coefficient (Wildman–Crippen LogP) is 7.47. The Kier molecular flexibility index (Phi) is 18.2. The van der Waals surface area contributed by atoms with Crippen molar-refractivity contribution in [3.8, 4) is 12.3 Å². The van der Waals surface area contributed by atoms with Crippen LogP contribution in [0.4, 0.5) is 10.2 Å². The van der Waals surface area contributed by atoms with Crippen molar-refractivity contribution in [2.75, 3.05) is 26.1 Å². The standard InChI is InChI=1S/C36H53FN6O5P/c1-4-6-7-8-9-10-11-12-13-14-15-16-20-25-47-34(44)30(26-29-21-18-17-19-22-29)42-49(45)48-27-36(5-2,46-3)23-24-43-28-39-31-32(38)40-35(37)41-33(31)43/h2,17-19,21-22,28,30H,4,6-16,20,23-27H2,1,3H3,(H,42,45)(H2,38,40,41)/q+1/t30-,36-/m0/s1. The Hall–Kier alpha value is -3.49. The fourth-order valence-corrected chi connectivity index (χ4v) is 6.41. The first kappa shape index (κ1) is 39.9. The van der Waals surface area contributed by atoms with Gasteiger partial charge in [0.25, 0.3) is 0 Å². The number of nitrogens with zero attached hydrogens (tertiary/aromatic N) is 4. The average Bonchev–Trinajstić information content (AvgIpc) is 3.52. The highest BCUT2D eigenvalue weighted by molar-refractivity contribution is 7.36. The van der Waals surface area contributed by atoms with Crippen LogP contribution in [-0.4, -0.2) is 57.5 Å². The molecule has 1 aromatic carbocycles. The van der Waals surface area contributed by atoms with E-state index >= 15 is 0 Å². The van der Waals surface area contributed by atoms with Gasteiger partial charge in [-0.1, -0.05) is 125 Å². The molecule has 0 saturated heterocycles. The molecule has 3 atom stereocenters. The number of nitrogens with one attached hydrogen (secondary N) is 1. The highest BCUT2D eigenvalue weighted by Gasteiger charge is 2.36. The quantitative estimate of drug-likeness (QED) is 0.0285. The number of terminal acetylenes is 1. The Labute approximate surface area is 291 Å². The Morgan fingerprint density at radius 3 is 2.29 bits per heavy atom. The summed E-state index contributed by atoms with van der Waals surface area (Å²) < 4.78 is 45.3. The van der Waals surface area contributed by atoms with E-state index in [2.05, 4.69) is 32.9 Å². The molecular weight excluding hydrogens is 646 g/mol. The Balaban J connectivity index is 1.44. The number of anilines is 1. The van der Waals surface area contributed by atoms with Gasteiger partial charge in [0, 0.05) is 26.5 Å². The monoisotopic (exact) mass is 699 g/mol. The lowest BCUT2D eigenvalue weighted by Gasteiger charge is -2.24. The average molecular weight is 700 g/mol. The van der Waals surface area contributed by atoms with Crippen molar-refractivity contribution < 1.29 is 27.7 Å². The highest BCUT2D eigenvalue weighted by Crippen LogP contribution is 2.26. The van der Waals surface area contributed by atoms with Gasteiger partial charge in [0.1, 0.15) is 12.1 Å². The summed E-state index contributed by atoms with van der Waals surface area (Å²) in [6.45, 7) is 2.53. The number of nitrogen functional groups attached to an aromatic ring is 1. The van der Waals surface area contributed by atoms with E-state index in [0.717, 1.165) is 24.8 Å². The van der Waals surface area contributed by atoms with Crippen molar-refractivity contribution in [3.05, 3.63) is 48.3 Å². The zero-order valence-corrected chi connectivity index (χ0v) is 30.0. The largest absolute Gasteiger partial charge is 0.614 e. The number of esters is 1. The summed E-state index contributed by atoms with van der Waals surface area (Å²) in [4.78, 5) is 24.6. The highest BCUT2D eigenvalue weighted by atomic mass is 31.1. The van der Waals surface area contributed by atoms with Crippen LogP contribution in [0, 0.1) is 18.4 Å². The van der Waals surface area contributed by atoms with Gasteiger partial charge in [0.2, 0.25) is 0 Å². The lowest BCUT2D eigenvalue weighted by Crippen LogP contribution is -2.39. The zero-order chi connectivity index (χ0) is 35.3. The summed E-state index contributed by atoms with van der Waals surface area (Å²) in [5.74, 6) is 2.01. The van der Waals surface area contributed by atoms with Crippen molar-refractivity contribution >= 4 is 31.1 Å². The minimum atomic E-state index is -2.54. The van der Waals surface area contributed by atoms with Crippen LogP contribution in [0.5, 0.6) is 0 Å². The van der Waals surface area contributed by atoms with Crippen molar-refractivity contribution in [2.45, 2.75) is 121 Å². The number of carbonyl (C=O) groups excluding carboxylic acids is 1. The Bertz CT molecular complexity index is 1470. The maximum Gasteiger partial charge on any atom is 0.614 e. The summed E-state index contributed by atoms with van der Waals surface area (Å²) in [6.07, 6.45) is 22.8. The summed E-state index contributed by atoms with van der Waals surface area (Å²) in [5.41, 5.74) is 5.82. The molecule has 3 aromatic rings. The molecule has 3 rings (SSSR count). The topological polar surface area (TPSA) is 143 Å². The minimum absolute atomic E-state index is 0.0736. The molecule has 0 saturated carbocycles. The number of hydrogen-bond donors (Lipinski definition) is 2. The number of rotatable bonds is 26. The summed E-state index contributed by atoms with van der Waals surface area (Å²) in [7, 11) is -1.12. The van der Waals surface area contributed by atoms with Gasteiger partial charge in [-0.2, -0.15) is 14.4 Å². The third kappa shape index (κ3) is 14.1. The van der Waals surface area contributed by atoms with Crippen LogP contribution in [0.2, 0.25) is 0 Å². The van der Waals surface area contributed by atoms with Crippen LogP contribution >= 0.6 is 8.18 Å². The fraction of sp³-hybridized carbons (Fsp3) is 0.611. The van der Waals surface area contributed by atoms with Crippen LogP contribution in [0.3, 0.4) is 0 Å². The predicted molar refractivity (Wildman–Crippen MR) is 190 cm³/mol. The van der Waals surface area contributed by atoms with Crippen LogP contribution in [0.15, 0.2) is 36.7 Å². The number of aryl methyl sites for hydroxylation is 1. The third-order valence-electron chi connectivity index (χ3n) is 8.61. The molecule has 0 radical (unpaired) electrons. The van der Waals surface area contributed by atoms with E-state index in [1.54, 1.807) is 4.57 Å². The minimum Gasteiger partial charge on any atom is -0.464 e. The van der Waals surface area contributed by atoms with E-state index in [4.69, 9.17) is 26.2 Å². The molecular formula is C36H53FN6O5P+. The molecule has 0 spiro atoms. The van der Waals surface area contributed by atoms with Gasteiger partial charge in [0.15, 0.2) is 23.1 Å². The molecule has 3 N–H and O–H groups in total. The smallest absolute Gasteiger partial charge is 0.464 e. The second-order valence-electron chi connectivity index (χ2n) is 12.4. The number of methoxy groups -OCH3 is 1. The van der Waals surface area contributed by atoms with Crippen molar-refractivity contribution in [3.63, 3.8) is 0 Å². The molecule has 0 fully saturated rings. The molecule has 49 heavy (non-hydrogen) atoms. The SMILES string of the molecule is C#C[C@](CCn1cnc2c(N)nc(F)nc21)(CO[P+](=O)N[C@@H](Cc1ccccc1)C(=O)OCCCCCCCCCCCCCCC)OC. The van der Waals surface area contributed by atoms with Gasteiger partial charge in [0.05, 0.1) is 12.9 Å². The van der Waals surface area contributed by atoms with E-state index in [0.29, 0.717) is 6.61 Å². The maximum absolute atomic E-state index is 13.8. The molecule has 11 nitrogen and oxygen atoms in total. The van der Waals surface area contributed by atoms with E-state index in [1.165, 1.54) is 77.6 Å². The first-order valence-corrected chi connectivity index (χ1v) is 18.7. The molecule has 0 amide bonds. The maximum atomic E-state index is 13.8. The first-order chi connectivity index (χ1) is 23.8. The number of ether oxygens (including phenoxy) is 2. The molecule has 1 unspecified atom stereocenters. The number of imidazole rings is 1. The molecule has 0 aliphatic rings. The number of nitrogens with two attached hydrogens (primary N) is 1. The molecule has 268 valence electrons. The normalized spacial score (nSPS) is 13.6. The number of aromatic nitrogens is 4. The molecule has 13 heteroatoms. The van der Waals surface area contributed by atoms with Gasteiger partial charge in [-0.15, -0.1) is 10.9 Å². The number of carbonyl (C=O) groups is 1. The molecule has 0 bridgehead atoms. The zero-order valence-electron chi connectivity index (χ0n) is 29.1. The van der Waals surface area contributed by atoms with E-state index < -0.39 is 31.9 Å². The molecule has 0 aliphatic heterocycles. The Morgan fingerprint density at radius 1 is 1.04 bits per heavy atom. The van der Waals surface area contributed by atoms with Gasteiger partial charge < -0.3 is 19.8 Å². The first-order valence-electron chi connectivity index (χ1n) is 17.5. The molecule has 2 aromatic heterocycles. The summed E-state index contributed by atoms with van der Waals surface area (Å²) >= 11 is 0. The molecule has 2 heterocycles. The second-order valence-corrected chi connectivity index (χ2v) is 13.4. The lowest BCUT2D eigenvalue weighted by molar-refractivity contribution is -0.145. The fourth-order valence-electron chi connectivity index (χ4n) is 5.56. The van der Waals surface area contributed by atoms with E-state index in [1.807, 2.05) is 30.3 Å². The van der Waals surface area contributed by atoms with Gasteiger partial charge in [-0.05, 0) is 16.5 Å². The number of fused-ring (bicyclic) bond motifs is 1. The second kappa shape index (κ2) is 22.3. The van der Waals surface area contributed by atoms with E-state index in [9.17, 15) is 13.8 Å². The van der Waals surface area contributed by atoms with Gasteiger partial charge in [-0.3, -0.25) is 4.79 Å². The third-order valence-corrected chi connectivity index (χ3v) is 9.50. The number of halogens is 1. The van der Waals surface area contributed by atoms with Crippen molar-refractivity contribution in [1.29, 1.82) is 0 Å². The summed E-state index contributed by atoms with van der Waals surface area (Å²) in [6, 6.07) is 8.52. The van der Waals surface area contributed by atoms with Crippen LogP contribution in [-0.2, 0) is 36.3 Å². The summed E-state index contributed by atoms with van der Waals surface area (Å²) in [5, 5.41) is 2.79. The van der Waals surface area contributed by atoms with Crippen molar-refractivity contribution in [2.24, 2.45) is 0 Å². The van der Waals surface area contributed by atoms with Crippen LogP contribution < -0.4 is 10.8 Å². The molecule has 0 aliphatic carbocycles. The van der Waals surface area contributed by atoms with Gasteiger partial charge >= 0.3 is 20.2 Å². The number of unbranched alkanes of at least 4 members (excludes halogenated alkanes) is 12. The number of benzene rings is 1. The number of hydrogen-bond acceptors (Lipinski definition) is 9.